The van der Waals surface area contributed by atoms with Crippen LogP contribution in [-0.2, 0) is 9.53 Å². The quantitative estimate of drug-likeness (QED) is 0.609. The fraction of sp³-hybridized carbons (Fsp3) is 0.263. The number of halogens is 1. The average molecular weight is 363 g/mol. The molecule has 0 bridgehead atoms. The molecule has 0 saturated heterocycles. The first kappa shape index (κ1) is 20.5. The maximum Gasteiger partial charge on any atom is 0.308 e. The van der Waals surface area contributed by atoms with Crippen LogP contribution in [0.25, 0.3) is 0 Å². The second-order valence-corrected chi connectivity index (χ2v) is 5.52. The van der Waals surface area contributed by atoms with Crippen molar-refractivity contribution < 1.29 is 14.3 Å². The molecule has 134 valence electrons. The van der Waals surface area contributed by atoms with Gasteiger partial charge >= 0.3 is 5.97 Å². The summed E-state index contributed by atoms with van der Waals surface area (Å²) >= 11 is 0. The SMILES string of the molecule is CCOC(=O)CC(NC(=O)c1cccc(N)c1)c1ccccc1C.Cl. The van der Waals surface area contributed by atoms with Crippen LogP contribution in [0.5, 0.6) is 0 Å². The lowest BCUT2D eigenvalue weighted by atomic mass is 9.98. The third kappa shape index (κ3) is 5.80. The van der Waals surface area contributed by atoms with Crippen LogP contribution in [0.1, 0.15) is 40.9 Å². The molecule has 3 N–H and O–H groups in total. The molecule has 6 heteroatoms. The van der Waals surface area contributed by atoms with E-state index in [4.69, 9.17) is 10.5 Å². The minimum atomic E-state index is -0.459. The Kier molecular flexibility index (Phi) is 7.95. The van der Waals surface area contributed by atoms with E-state index >= 15 is 0 Å². The molecule has 0 spiro atoms. The number of esters is 1. The maximum atomic E-state index is 12.5. The lowest BCUT2D eigenvalue weighted by Gasteiger charge is -2.20. The number of nitrogen functional groups attached to an aromatic ring is 1. The first-order valence-electron chi connectivity index (χ1n) is 7.88. The molecule has 0 aliphatic heterocycles. The highest BCUT2D eigenvalue weighted by Gasteiger charge is 2.21. The molecule has 0 saturated carbocycles. The zero-order valence-electron chi connectivity index (χ0n) is 14.3. The molecule has 0 aromatic heterocycles. The molecule has 5 nitrogen and oxygen atoms in total. The maximum absolute atomic E-state index is 12.5. The van der Waals surface area contributed by atoms with Crippen molar-refractivity contribution in [1.29, 1.82) is 0 Å². The van der Waals surface area contributed by atoms with Crippen LogP contribution in [-0.4, -0.2) is 18.5 Å². The highest BCUT2D eigenvalue weighted by molar-refractivity contribution is 5.95. The van der Waals surface area contributed by atoms with Crippen LogP contribution in [0.2, 0.25) is 0 Å². The number of hydrogen-bond acceptors (Lipinski definition) is 4. The summed E-state index contributed by atoms with van der Waals surface area (Å²) in [5.74, 6) is -0.626. The third-order valence-electron chi connectivity index (χ3n) is 3.69. The van der Waals surface area contributed by atoms with E-state index in [1.54, 1.807) is 31.2 Å². The van der Waals surface area contributed by atoms with Crippen molar-refractivity contribution in [3.05, 3.63) is 65.2 Å². The molecule has 2 rings (SSSR count). The van der Waals surface area contributed by atoms with E-state index in [-0.39, 0.29) is 30.7 Å². The number of carbonyl (C=O) groups excluding carboxylic acids is 2. The predicted octanol–water partition coefficient (Wildman–Crippen LogP) is 3.42. The van der Waals surface area contributed by atoms with Gasteiger partial charge in [-0.3, -0.25) is 9.59 Å². The first-order chi connectivity index (χ1) is 11.5. The van der Waals surface area contributed by atoms with E-state index in [2.05, 4.69) is 5.32 Å². The summed E-state index contributed by atoms with van der Waals surface area (Å²) < 4.78 is 5.03. The summed E-state index contributed by atoms with van der Waals surface area (Å²) in [4.78, 5) is 24.4. The molecule has 0 radical (unpaired) electrons. The van der Waals surface area contributed by atoms with Crippen LogP contribution in [0.15, 0.2) is 48.5 Å². The van der Waals surface area contributed by atoms with Crippen molar-refractivity contribution in [1.82, 2.24) is 5.32 Å². The topological polar surface area (TPSA) is 81.4 Å². The van der Waals surface area contributed by atoms with Gasteiger partial charge < -0.3 is 15.8 Å². The molecule has 0 aliphatic rings. The Hall–Kier alpha value is -2.53. The van der Waals surface area contributed by atoms with Crippen LogP contribution in [0.3, 0.4) is 0 Å². The number of amides is 1. The van der Waals surface area contributed by atoms with E-state index in [1.807, 2.05) is 31.2 Å². The minimum absolute atomic E-state index is 0. The number of hydrogen-bond donors (Lipinski definition) is 2. The van der Waals surface area contributed by atoms with Gasteiger partial charge in [0.25, 0.3) is 5.91 Å². The summed E-state index contributed by atoms with van der Waals surface area (Å²) in [5.41, 5.74) is 8.59. The van der Waals surface area contributed by atoms with Crippen molar-refractivity contribution in [2.45, 2.75) is 26.3 Å². The fourth-order valence-electron chi connectivity index (χ4n) is 2.52. The molecule has 1 amide bonds. The summed E-state index contributed by atoms with van der Waals surface area (Å²) in [6.45, 7) is 4.01. The fourth-order valence-corrected chi connectivity index (χ4v) is 2.52. The standard InChI is InChI=1S/C19H22N2O3.ClH/c1-3-24-18(22)12-17(16-10-5-4-7-13(16)2)21-19(23)14-8-6-9-15(20)11-14;/h4-11,17H,3,12,20H2,1-2H3,(H,21,23);1H. The number of nitrogens with two attached hydrogens (primary N) is 1. The highest BCUT2D eigenvalue weighted by atomic mass is 35.5. The number of anilines is 1. The van der Waals surface area contributed by atoms with Crippen molar-refractivity contribution in [2.24, 2.45) is 0 Å². The van der Waals surface area contributed by atoms with Gasteiger partial charge in [0.2, 0.25) is 0 Å². The van der Waals surface area contributed by atoms with Crippen LogP contribution in [0.4, 0.5) is 5.69 Å². The predicted molar refractivity (Wildman–Crippen MR) is 101 cm³/mol. The van der Waals surface area contributed by atoms with Gasteiger partial charge in [-0.1, -0.05) is 30.3 Å². The van der Waals surface area contributed by atoms with E-state index < -0.39 is 6.04 Å². The molecule has 25 heavy (non-hydrogen) atoms. The van der Waals surface area contributed by atoms with Gasteiger partial charge in [0.1, 0.15) is 0 Å². The molecule has 0 aliphatic carbocycles. The van der Waals surface area contributed by atoms with Crippen LogP contribution in [0, 0.1) is 6.92 Å². The molecular formula is C19H23ClN2O3. The molecule has 0 fully saturated rings. The Morgan fingerprint density at radius 3 is 2.52 bits per heavy atom. The lowest BCUT2D eigenvalue weighted by Crippen LogP contribution is -2.31. The summed E-state index contributed by atoms with van der Waals surface area (Å²) in [7, 11) is 0. The van der Waals surface area contributed by atoms with Crippen molar-refractivity contribution in [2.75, 3.05) is 12.3 Å². The number of nitrogens with one attached hydrogen (secondary N) is 1. The number of carbonyl (C=O) groups is 2. The zero-order valence-corrected chi connectivity index (χ0v) is 15.1. The molecule has 0 heterocycles. The summed E-state index contributed by atoms with van der Waals surface area (Å²) in [5, 5.41) is 2.91. The molecular weight excluding hydrogens is 340 g/mol. The van der Waals surface area contributed by atoms with Gasteiger partial charge in [-0.2, -0.15) is 0 Å². The van der Waals surface area contributed by atoms with Crippen LogP contribution >= 0.6 is 12.4 Å². The zero-order chi connectivity index (χ0) is 17.5. The smallest absolute Gasteiger partial charge is 0.308 e. The lowest BCUT2D eigenvalue weighted by molar-refractivity contribution is -0.143. The van der Waals surface area contributed by atoms with Gasteiger partial charge in [0.15, 0.2) is 0 Å². The van der Waals surface area contributed by atoms with Gasteiger partial charge in [-0.05, 0) is 43.2 Å². The highest BCUT2D eigenvalue weighted by Crippen LogP contribution is 2.22. The van der Waals surface area contributed by atoms with E-state index in [9.17, 15) is 9.59 Å². The third-order valence-corrected chi connectivity index (χ3v) is 3.69. The number of ether oxygens (including phenoxy) is 1. The summed E-state index contributed by atoms with van der Waals surface area (Å²) in [6, 6.07) is 13.9. The average Bonchev–Trinajstić information content (AvgIpc) is 2.55. The van der Waals surface area contributed by atoms with Crippen molar-refractivity contribution in [3.8, 4) is 0 Å². The Bertz CT molecular complexity index is 734. The number of benzene rings is 2. The molecule has 1 atom stereocenters. The van der Waals surface area contributed by atoms with Gasteiger partial charge in [-0.15, -0.1) is 12.4 Å². The monoisotopic (exact) mass is 362 g/mol. The van der Waals surface area contributed by atoms with Crippen LogP contribution < -0.4 is 11.1 Å². The normalized spacial score (nSPS) is 11.1. The molecule has 2 aromatic carbocycles. The van der Waals surface area contributed by atoms with Gasteiger partial charge in [0.05, 0.1) is 19.1 Å². The van der Waals surface area contributed by atoms with Crippen molar-refractivity contribution >= 4 is 30.0 Å². The number of rotatable bonds is 6. The Labute approximate surface area is 154 Å². The second kappa shape index (κ2) is 9.69. The van der Waals surface area contributed by atoms with Gasteiger partial charge in [0, 0.05) is 11.3 Å². The molecule has 1 unspecified atom stereocenters. The van der Waals surface area contributed by atoms with E-state index in [0.717, 1.165) is 11.1 Å². The second-order valence-electron chi connectivity index (χ2n) is 5.52. The van der Waals surface area contributed by atoms with Crippen molar-refractivity contribution in [3.63, 3.8) is 0 Å². The molecule has 2 aromatic rings. The number of aryl methyl sites for hydroxylation is 1. The van der Waals surface area contributed by atoms with E-state index in [1.165, 1.54) is 0 Å². The largest absolute Gasteiger partial charge is 0.466 e. The van der Waals surface area contributed by atoms with E-state index in [0.29, 0.717) is 17.9 Å². The first-order valence-corrected chi connectivity index (χ1v) is 7.88. The summed E-state index contributed by atoms with van der Waals surface area (Å²) in [6.07, 6.45) is 0.0761. The van der Waals surface area contributed by atoms with Gasteiger partial charge in [-0.25, -0.2) is 0 Å². The Balaban J connectivity index is 0.00000312. The minimum Gasteiger partial charge on any atom is -0.466 e. The Morgan fingerprint density at radius 2 is 1.88 bits per heavy atom. The Morgan fingerprint density at radius 1 is 1.16 bits per heavy atom.